The molecule has 11 nitrogen and oxygen atoms in total. The molecule has 13 heteroatoms. The van der Waals surface area contributed by atoms with Crippen molar-refractivity contribution in [1.29, 1.82) is 0 Å². The first-order chi connectivity index (χ1) is 22.2. The molecule has 0 aromatic heterocycles. The van der Waals surface area contributed by atoms with Crippen LogP contribution in [0.3, 0.4) is 0 Å². The predicted octanol–water partition coefficient (Wildman–Crippen LogP) is 3.93. The molecule has 0 radical (unpaired) electrons. The van der Waals surface area contributed by atoms with Gasteiger partial charge in [0.25, 0.3) is 21.8 Å². The summed E-state index contributed by atoms with van der Waals surface area (Å²) in [6.45, 7) is -0.300. The molecule has 0 unspecified atom stereocenters. The molecule has 0 bridgehead atoms. The molecular weight excluding hydrogens is 615 g/mol. The number of ether oxygens (including phenoxy) is 3. The summed E-state index contributed by atoms with van der Waals surface area (Å²) in [5.74, 6) is -0.596. The lowest BCUT2D eigenvalue weighted by Gasteiger charge is -2.24. The van der Waals surface area contributed by atoms with Crippen LogP contribution in [0.25, 0.3) is 0 Å². The SMILES string of the molecule is COc1ccc(S(=O)(=O)N(CC(=O)N/N=C\c2ccc(OCC(=O)NCCc3ccccc3)cc2)c2ccc(F)cc2)cc1OC. The van der Waals surface area contributed by atoms with E-state index >= 15 is 0 Å². The molecule has 0 spiro atoms. The van der Waals surface area contributed by atoms with Gasteiger partial charge in [0.1, 0.15) is 18.1 Å². The molecule has 0 aliphatic rings. The van der Waals surface area contributed by atoms with Crippen molar-refractivity contribution in [1.82, 2.24) is 10.7 Å². The van der Waals surface area contributed by atoms with Crippen LogP contribution in [0.2, 0.25) is 0 Å². The number of nitrogens with one attached hydrogen (secondary N) is 2. The van der Waals surface area contributed by atoms with E-state index in [4.69, 9.17) is 14.2 Å². The molecule has 0 fully saturated rings. The van der Waals surface area contributed by atoms with E-state index in [1.54, 1.807) is 24.3 Å². The smallest absolute Gasteiger partial charge is 0.264 e. The van der Waals surface area contributed by atoms with Crippen LogP contribution in [-0.4, -0.2) is 60.4 Å². The molecule has 0 heterocycles. The third kappa shape index (κ3) is 9.29. The second-order valence-electron chi connectivity index (χ2n) is 9.74. The van der Waals surface area contributed by atoms with Crippen molar-refractivity contribution in [2.24, 2.45) is 5.10 Å². The standard InChI is InChI=1S/C33H33FN4O7S/c1-43-30-17-16-29(20-31(30)44-2)46(41,42)38(27-12-10-26(34)11-13-27)22-32(39)37-36-21-25-8-14-28(15-9-25)45-23-33(40)35-19-18-24-6-4-3-5-7-24/h3-17,20-21H,18-19,22-23H2,1-2H3,(H,35,40)(H,37,39)/b36-21-. The van der Waals surface area contributed by atoms with Gasteiger partial charge in [-0.2, -0.15) is 5.10 Å². The van der Waals surface area contributed by atoms with Gasteiger partial charge in [-0.1, -0.05) is 30.3 Å². The van der Waals surface area contributed by atoms with E-state index in [9.17, 15) is 22.4 Å². The van der Waals surface area contributed by atoms with Crippen LogP contribution >= 0.6 is 0 Å². The maximum absolute atomic E-state index is 13.6. The van der Waals surface area contributed by atoms with Gasteiger partial charge < -0.3 is 19.5 Å². The minimum absolute atomic E-state index is 0.0655. The molecule has 4 rings (SSSR count). The first-order valence-corrected chi connectivity index (χ1v) is 15.5. The summed E-state index contributed by atoms with van der Waals surface area (Å²) in [7, 11) is -1.53. The van der Waals surface area contributed by atoms with E-state index in [2.05, 4.69) is 15.8 Å². The number of sulfonamides is 1. The number of anilines is 1. The van der Waals surface area contributed by atoms with Gasteiger partial charge in [-0.3, -0.25) is 13.9 Å². The van der Waals surface area contributed by atoms with Crippen molar-refractivity contribution in [3.8, 4) is 17.2 Å². The van der Waals surface area contributed by atoms with Crippen LogP contribution in [-0.2, 0) is 26.0 Å². The van der Waals surface area contributed by atoms with E-state index in [0.717, 1.165) is 28.4 Å². The lowest BCUT2D eigenvalue weighted by atomic mass is 10.1. The van der Waals surface area contributed by atoms with Crippen molar-refractivity contribution < 1.29 is 36.6 Å². The van der Waals surface area contributed by atoms with Gasteiger partial charge in [0.15, 0.2) is 18.1 Å². The fraction of sp³-hybridized carbons (Fsp3) is 0.182. The van der Waals surface area contributed by atoms with Crippen molar-refractivity contribution >= 4 is 33.7 Å². The maximum Gasteiger partial charge on any atom is 0.264 e. The largest absolute Gasteiger partial charge is 0.493 e. The summed E-state index contributed by atoms with van der Waals surface area (Å²) < 4.78 is 57.7. The molecule has 240 valence electrons. The van der Waals surface area contributed by atoms with E-state index in [1.807, 2.05) is 30.3 Å². The van der Waals surface area contributed by atoms with Crippen molar-refractivity contribution in [3.05, 3.63) is 114 Å². The normalized spacial score (nSPS) is 11.1. The highest BCUT2D eigenvalue weighted by Crippen LogP contribution is 2.32. The van der Waals surface area contributed by atoms with E-state index in [1.165, 1.54) is 50.8 Å². The number of rotatable bonds is 15. The minimum Gasteiger partial charge on any atom is -0.493 e. The quantitative estimate of drug-likeness (QED) is 0.147. The second-order valence-corrected chi connectivity index (χ2v) is 11.6. The Labute approximate surface area is 266 Å². The minimum atomic E-state index is -4.31. The molecular formula is C33H33FN4O7S. The Kier molecular flexibility index (Phi) is 11.7. The van der Waals surface area contributed by atoms with Gasteiger partial charge in [-0.25, -0.2) is 18.2 Å². The number of hydrazone groups is 1. The molecule has 2 amide bonds. The molecule has 46 heavy (non-hydrogen) atoms. The van der Waals surface area contributed by atoms with Gasteiger partial charge in [-0.05, 0) is 78.2 Å². The van der Waals surface area contributed by atoms with Crippen LogP contribution in [0, 0.1) is 5.82 Å². The first-order valence-electron chi connectivity index (χ1n) is 14.1. The number of hydrogen-bond donors (Lipinski definition) is 2. The fourth-order valence-electron chi connectivity index (χ4n) is 4.21. The van der Waals surface area contributed by atoms with Crippen molar-refractivity contribution in [2.75, 3.05) is 38.2 Å². The molecule has 0 aliphatic carbocycles. The third-order valence-corrected chi connectivity index (χ3v) is 8.35. The van der Waals surface area contributed by atoms with E-state index < -0.39 is 28.3 Å². The third-order valence-electron chi connectivity index (χ3n) is 6.58. The molecule has 0 saturated carbocycles. The van der Waals surface area contributed by atoms with Crippen LogP contribution in [0.15, 0.2) is 107 Å². The van der Waals surface area contributed by atoms with Crippen LogP contribution in [0.1, 0.15) is 11.1 Å². The highest BCUT2D eigenvalue weighted by Gasteiger charge is 2.28. The zero-order chi connectivity index (χ0) is 32.9. The van der Waals surface area contributed by atoms with Gasteiger partial charge >= 0.3 is 0 Å². The Bertz CT molecular complexity index is 1750. The molecule has 4 aromatic carbocycles. The van der Waals surface area contributed by atoms with Gasteiger partial charge in [0.05, 0.1) is 31.0 Å². The summed E-state index contributed by atoms with van der Waals surface area (Å²) in [5.41, 5.74) is 4.11. The summed E-state index contributed by atoms with van der Waals surface area (Å²) in [4.78, 5) is 24.8. The Balaban J connectivity index is 1.34. The number of benzene rings is 4. The monoisotopic (exact) mass is 648 g/mol. The fourth-order valence-corrected chi connectivity index (χ4v) is 5.65. The molecule has 0 aliphatic heterocycles. The average molecular weight is 649 g/mol. The second kappa shape index (κ2) is 16.0. The molecule has 0 atom stereocenters. The van der Waals surface area contributed by atoms with Crippen LogP contribution in [0.4, 0.5) is 10.1 Å². The molecule has 0 saturated heterocycles. The van der Waals surface area contributed by atoms with Crippen molar-refractivity contribution in [2.45, 2.75) is 11.3 Å². The number of amides is 2. The topological polar surface area (TPSA) is 136 Å². The number of methoxy groups -OCH3 is 2. The molecule has 4 aromatic rings. The summed E-state index contributed by atoms with van der Waals surface area (Å²) in [6, 6.07) is 25.2. The van der Waals surface area contributed by atoms with Gasteiger partial charge in [0, 0.05) is 12.6 Å². The Morgan fingerprint density at radius 3 is 2.24 bits per heavy atom. The van der Waals surface area contributed by atoms with Gasteiger partial charge in [0.2, 0.25) is 0 Å². The first kappa shape index (κ1) is 33.5. The lowest BCUT2D eigenvalue weighted by molar-refractivity contribution is -0.123. The maximum atomic E-state index is 13.6. The van der Waals surface area contributed by atoms with Crippen molar-refractivity contribution in [3.63, 3.8) is 0 Å². The van der Waals surface area contributed by atoms with Gasteiger partial charge in [-0.15, -0.1) is 0 Å². The summed E-state index contributed by atoms with van der Waals surface area (Å²) in [6.07, 6.45) is 2.08. The van der Waals surface area contributed by atoms with Crippen LogP contribution < -0.4 is 29.3 Å². The predicted molar refractivity (Wildman–Crippen MR) is 171 cm³/mol. The number of carbonyl (C=O) groups is 2. The highest BCUT2D eigenvalue weighted by atomic mass is 32.2. The van der Waals surface area contributed by atoms with E-state index in [0.29, 0.717) is 23.6 Å². The Morgan fingerprint density at radius 1 is 0.870 bits per heavy atom. The number of hydrogen-bond acceptors (Lipinski definition) is 8. The average Bonchev–Trinajstić information content (AvgIpc) is 3.07. The lowest BCUT2D eigenvalue weighted by Crippen LogP contribution is -2.39. The highest BCUT2D eigenvalue weighted by molar-refractivity contribution is 7.92. The zero-order valence-corrected chi connectivity index (χ0v) is 26.0. The zero-order valence-electron chi connectivity index (χ0n) is 25.2. The van der Waals surface area contributed by atoms with E-state index in [-0.39, 0.29) is 28.8 Å². The summed E-state index contributed by atoms with van der Waals surface area (Å²) >= 11 is 0. The van der Waals surface area contributed by atoms with Crippen LogP contribution in [0.5, 0.6) is 17.2 Å². The Hall–Kier alpha value is -5.43. The Morgan fingerprint density at radius 2 is 1.57 bits per heavy atom. The summed E-state index contributed by atoms with van der Waals surface area (Å²) in [5, 5.41) is 6.73. The number of nitrogens with zero attached hydrogens (tertiary/aromatic N) is 2. The number of halogens is 1. The molecule has 2 N–H and O–H groups in total. The number of carbonyl (C=O) groups excluding carboxylic acids is 2.